The van der Waals surface area contributed by atoms with Gasteiger partial charge in [0.05, 0.1) is 12.8 Å². The Morgan fingerprint density at radius 2 is 2.12 bits per heavy atom. The highest BCUT2D eigenvalue weighted by molar-refractivity contribution is 6.65. The number of fused-ring (bicyclic) bond motifs is 1. The molecule has 0 aromatic heterocycles. The summed E-state index contributed by atoms with van der Waals surface area (Å²) in [6, 6.07) is 5.91. The maximum atomic E-state index is 11.2. The van der Waals surface area contributed by atoms with Crippen LogP contribution in [-0.4, -0.2) is 12.5 Å². The maximum absolute atomic E-state index is 11.2. The first-order chi connectivity index (χ1) is 7.74. The summed E-state index contributed by atoms with van der Waals surface area (Å²) >= 11 is 5.48. The van der Waals surface area contributed by atoms with Crippen LogP contribution in [0.25, 0.3) is 0 Å². The van der Waals surface area contributed by atoms with E-state index in [2.05, 4.69) is 6.07 Å². The minimum atomic E-state index is -0.610. The second-order valence-corrected chi connectivity index (χ2v) is 4.18. The van der Waals surface area contributed by atoms with Crippen LogP contribution in [0.2, 0.25) is 0 Å². The zero-order valence-corrected chi connectivity index (χ0v) is 9.96. The molecule has 0 bridgehead atoms. The van der Waals surface area contributed by atoms with Gasteiger partial charge in [-0.05, 0) is 54.5 Å². The van der Waals surface area contributed by atoms with Gasteiger partial charge in [0, 0.05) is 0 Å². The van der Waals surface area contributed by atoms with Crippen molar-refractivity contribution in [1.29, 1.82) is 0 Å². The predicted octanol–water partition coefficient (Wildman–Crippen LogP) is 3.29. The average molecular weight is 240 g/mol. The van der Waals surface area contributed by atoms with Crippen LogP contribution in [0.5, 0.6) is 0 Å². The van der Waals surface area contributed by atoms with Gasteiger partial charge in [0.25, 0.3) is 0 Å². The molecule has 0 fully saturated rings. The second-order valence-electron chi connectivity index (χ2n) is 3.85. The Morgan fingerprint density at radius 1 is 1.38 bits per heavy atom. The van der Waals surface area contributed by atoms with E-state index in [0.717, 1.165) is 30.0 Å². The van der Waals surface area contributed by atoms with Gasteiger partial charge in [-0.3, -0.25) is 9.63 Å². The standard InChI is InChI=1S/C12H14ClNO2/c1-16-14(12(13)15)11-8-4-6-9-5-2-3-7-10(9)11/h4,6,8H,2-3,5,7H2,1H3. The van der Waals surface area contributed by atoms with Crippen molar-refractivity contribution in [2.45, 2.75) is 25.7 Å². The van der Waals surface area contributed by atoms with Crippen LogP contribution < -0.4 is 5.06 Å². The number of hydrogen-bond acceptors (Lipinski definition) is 2. The van der Waals surface area contributed by atoms with E-state index < -0.39 is 5.37 Å². The fourth-order valence-corrected chi connectivity index (χ4v) is 2.38. The Kier molecular flexibility index (Phi) is 3.46. The lowest BCUT2D eigenvalue weighted by Gasteiger charge is -2.24. The lowest BCUT2D eigenvalue weighted by molar-refractivity contribution is 0.176. The van der Waals surface area contributed by atoms with Crippen molar-refractivity contribution >= 4 is 22.7 Å². The summed E-state index contributed by atoms with van der Waals surface area (Å²) in [5, 5.41) is 0.535. The lowest BCUT2D eigenvalue weighted by Crippen LogP contribution is -2.26. The molecule has 3 nitrogen and oxygen atoms in total. The highest BCUT2D eigenvalue weighted by Gasteiger charge is 2.20. The topological polar surface area (TPSA) is 29.5 Å². The Balaban J connectivity index is 2.43. The van der Waals surface area contributed by atoms with E-state index in [1.807, 2.05) is 12.1 Å². The first-order valence-electron chi connectivity index (χ1n) is 5.38. The van der Waals surface area contributed by atoms with Crippen LogP contribution in [0.1, 0.15) is 24.0 Å². The number of nitrogens with zero attached hydrogens (tertiary/aromatic N) is 1. The molecule has 0 radical (unpaired) electrons. The first kappa shape index (κ1) is 11.4. The Morgan fingerprint density at radius 3 is 2.81 bits per heavy atom. The number of halogens is 1. The van der Waals surface area contributed by atoms with Gasteiger partial charge < -0.3 is 0 Å². The Bertz CT molecular complexity index is 406. The number of anilines is 1. The van der Waals surface area contributed by atoms with Gasteiger partial charge in [0.2, 0.25) is 0 Å². The number of hydroxylamine groups is 1. The highest BCUT2D eigenvalue weighted by Crippen LogP contribution is 2.31. The third kappa shape index (κ3) is 2.06. The fraction of sp³-hybridized carbons (Fsp3) is 0.417. The van der Waals surface area contributed by atoms with Gasteiger partial charge >= 0.3 is 5.37 Å². The van der Waals surface area contributed by atoms with E-state index >= 15 is 0 Å². The predicted molar refractivity (Wildman–Crippen MR) is 63.8 cm³/mol. The monoisotopic (exact) mass is 239 g/mol. The van der Waals surface area contributed by atoms with E-state index in [-0.39, 0.29) is 0 Å². The molecule has 16 heavy (non-hydrogen) atoms. The van der Waals surface area contributed by atoms with Gasteiger partial charge in [-0.15, -0.1) is 0 Å². The third-order valence-corrected chi connectivity index (χ3v) is 3.09. The molecule has 0 heterocycles. The van der Waals surface area contributed by atoms with Crippen LogP contribution in [0.15, 0.2) is 18.2 Å². The first-order valence-corrected chi connectivity index (χ1v) is 5.76. The Labute approximate surface area is 99.9 Å². The van der Waals surface area contributed by atoms with Gasteiger partial charge in [-0.25, -0.2) is 0 Å². The van der Waals surface area contributed by atoms with Gasteiger partial charge in [0.15, 0.2) is 0 Å². The number of benzene rings is 1. The quantitative estimate of drug-likeness (QED) is 0.450. The van der Waals surface area contributed by atoms with Crippen molar-refractivity contribution in [3.05, 3.63) is 29.3 Å². The van der Waals surface area contributed by atoms with Gasteiger partial charge in [-0.1, -0.05) is 12.1 Å². The summed E-state index contributed by atoms with van der Waals surface area (Å²) in [6.45, 7) is 0. The van der Waals surface area contributed by atoms with Crippen LogP contribution in [0.3, 0.4) is 0 Å². The van der Waals surface area contributed by atoms with Gasteiger partial charge in [0.1, 0.15) is 0 Å². The third-order valence-electron chi connectivity index (χ3n) is 2.93. The Hall–Kier alpha value is -1.06. The molecule has 0 N–H and O–H groups in total. The molecule has 1 aliphatic rings. The van der Waals surface area contributed by atoms with Crippen molar-refractivity contribution in [3.63, 3.8) is 0 Å². The fourth-order valence-electron chi connectivity index (χ4n) is 2.22. The summed E-state index contributed by atoms with van der Waals surface area (Å²) in [4.78, 5) is 16.2. The molecule has 2 rings (SSSR count). The molecule has 4 heteroatoms. The normalized spacial score (nSPS) is 14.4. The number of rotatable bonds is 2. The molecule has 0 saturated heterocycles. The molecule has 0 atom stereocenters. The smallest absolute Gasteiger partial charge is 0.268 e. The number of amides is 1. The van der Waals surface area contributed by atoms with Gasteiger partial charge in [-0.2, -0.15) is 5.06 Å². The van der Waals surface area contributed by atoms with E-state index in [9.17, 15) is 4.79 Å². The van der Waals surface area contributed by atoms with E-state index in [4.69, 9.17) is 16.4 Å². The molecule has 1 aromatic carbocycles. The summed E-state index contributed by atoms with van der Waals surface area (Å²) in [7, 11) is 1.45. The van der Waals surface area contributed by atoms with Crippen LogP contribution in [0.4, 0.5) is 10.5 Å². The number of aryl methyl sites for hydroxylation is 1. The largest absolute Gasteiger partial charge is 0.344 e. The maximum Gasteiger partial charge on any atom is 0.344 e. The van der Waals surface area contributed by atoms with Crippen molar-refractivity contribution in [1.82, 2.24) is 0 Å². The minimum absolute atomic E-state index is 0.610. The molecule has 0 unspecified atom stereocenters. The van der Waals surface area contributed by atoms with Crippen molar-refractivity contribution in [3.8, 4) is 0 Å². The molecule has 86 valence electrons. The molecule has 1 amide bonds. The molecule has 0 saturated carbocycles. The zero-order valence-electron chi connectivity index (χ0n) is 9.20. The number of hydrogen-bond donors (Lipinski definition) is 0. The SMILES string of the molecule is CON(C(=O)Cl)c1cccc2c1CCCC2. The summed E-state index contributed by atoms with van der Waals surface area (Å²) in [5.74, 6) is 0. The van der Waals surface area contributed by atoms with E-state index in [0.29, 0.717) is 0 Å². The average Bonchev–Trinajstić information content (AvgIpc) is 2.30. The molecular formula is C12H14ClNO2. The summed E-state index contributed by atoms with van der Waals surface area (Å²) in [6.07, 6.45) is 4.41. The van der Waals surface area contributed by atoms with Crippen molar-refractivity contribution in [2.24, 2.45) is 0 Å². The molecule has 0 spiro atoms. The molecule has 1 aliphatic carbocycles. The number of carbonyl (C=O) groups excluding carboxylic acids is 1. The minimum Gasteiger partial charge on any atom is -0.268 e. The molecule has 1 aromatic rings. The number of carbonyl (C=O) groups is 1. The van der Waals surface area contributed by atoms with E-state index in [1.54, 1.807) is 0 Å². The zero-order chi connectivity index (χ0) is 11.5. The van der Waals surface area contributed by atoms with E-state index in [1.165, 1.54) is 24.7 Å². The highest BCUT2D eigenvalue weighted by atomic mass is 35.5. The van der Waals surface area contributed by atoms with Crippen LogP contribution in [0, 0.1) is 0 Å². The lowest BCUT2D eigenvalue weighted by atomic mass is 9.90. The van der Waals surface area contributed by atoms with Crippen molar-refractivity contribution < 1.29 is 9.63 Å². The van der Waals surface area contributed by atoms with Crippen molar-refractivity contribution in [2.75, 3.05) is 12.2 Å². The molecule has 0 aliphatic heterocycles. The second kappa shape index (κ2) is 4.85. The molecular weight excluding hydrogens is 226 g/mol. The van der Waals surface area contributed by atoms with Crippen LogP contribution in [-0.2, 0) is 17.7 Å². The summed E-state index contributed by atoms with van der Waals surface area (Å²) < 4.78 is 0. The summed E-state index contributed by atoms with van der Waals surface area (Å²) in [5.41, 5.74) is 3.26. The van der Waals surface area contributed by atoms with Crippen LogP contribution >= 0.6 is 11.6 Å².